The van der Waals surface area contributed by atoms with Crippen LogP contribution in [0.2, 0.25) is 5.02 Å². The van der Waals surface area contributed by atoms with Gasteiger partial charge in [0.2, 0.25) is 0 Å². The number of thiophene rings is 1. The van der Waals surface area contributed by atoms with Gasteiger partial charge in [-0.25, -0.2) is 14.4 Å². The SMILES string of the molecule is Fc1cccc(COc2ccc(Nc3ncnc4cc(C#Cc5cn[nH]c5)sc34)cc2Cl)c1. The van der Waals surface area contributed by atoms with Crippen LogP contribution >= 0.6 is 22.9 Å². The minimum absolute atomic E-state index is 0.217. The standard InChI is InChI=1S/C24H15ClFN5OS/c25-20-9-18(5-7-22(20)32-13-15-2-1-3-17(26)8-15)31-24-23-21(27-14-28-24)10-19(33-23)6-4-16-11-29-30-12-16/h1-3,5,7-12,14H,13H2,(H,29,30)(H,27,28,31). The minimum Gasteiger partial charge on any atom is -0.487 e. The molecule has 0 aliphatic rings. The Hall–Kier alpha value is -3.93. The second kappa shape index (κ2) is 9.28. The van der Waals surface area contributed by atoms with E-state index in [9.17, 15) is 4.39 Å². The number of anilines is 2. The lowest BCUT2D eigenvalue weighted by Gasteiger charge is -2.11. The van der Waals surface area contributed by atoms with Crippen molar-refractivity contribution in [1.29, 1.82) is 0 Å². The van der Waals surface area contributed by atoms with Gasteiger partial charge >= 0.3 is 0 Å². The monoisotopic (exact) mass is 475 g/mol. The van der Waals surface area contributed by atoms with E-state index in [0.29, 0.717) is 16.6 Å². The third-order valence-corrected chi connectivity index (χ3v) is 5.96. The van der Waals surface area contributed by atoms with Crippen molar-refractivity contribution in [2.24, 2.45) is 0 Å². The fourth-order valence-electron chi connectivity index (χ4n) is 3.08. The summed E-state index contributed by atoms with van der Waals surface area (Å²) in [5.74, 6) is 7.05. The highest BCUT2D eigenvalue weighted by molar-refractivity contribution is 7.20. The average Bonchev–Trinajstić information content (AvgIpc) is 3.47. The van der Waals surface area contributed by atoms with Gasteiger partial charge in [0.15, 0.2) is 5.82 Å². The average molecular weight is 476 g/mol. The van der Waals surface area contributed by atoms with Crippen LogP contribution in [-0.4, -0.2) is 20.2 Å². The number of halogens is 2. The quantitative estimate of drug-likeness (QED) is 0.308. The number of nitrogens with one attached hydrogen (secondary N) is 2. The van der Waals surface area contributed by atoms with Crippen LogP contribution in [-0.2, 0) is 6.61 Å². The van der Waals surface area contributed by atoms with E-state index >= 15 is 0 Å². The van der Waals surface area contributed by atoms with Crippen LogP contribution < -0.4 is 10.1 Å². The maximum atomic E-state index is 13.3. The summed E-state index contributed by atoms with van der Waals surface area (Å²) >= 11 is 7.91. The van der Waals surface area contributed by atoms with Gasteiger partial charge in [0, 0.05) is 11.9 Å². The van der Waals surface area contributed by atoms with E-state index in [1.807, 2.05) is 12.1 Å². The molecule has 0 amide bonds. The molecule has 0 saturated heterocycles. The van der Waals surface area contributed by atoms with Crippen LogP contribution in [0.25, 0.3) is 10.2 Å². The molecule has 5 rings (SSSR count). The maximum Gasteiger partial charge on any atom is 0.151 e. The van der Waals surface area contributed by atoms with Crippen molar-refractivity contribution in [2.45, 2.75) is 6.61 Å². The van der Waals surface area contributed by atoms with E-state index in [0.717, 1.165) is 31.9 Å². The highest BCUT2D eigenvalue weighted by Gasteiger charge is 2.10. The third-order valence-electron chi connectivity index (χ3n) is 4.62. The van der Waals surface area contributed by atoms with Crippen LogP contribution in [0.5, 0.6) is 5.75 Å². The number of rotatable bonds is 5. The zero-order chi connectivity index (χ0) is 22.6. The van der Waals surface area contributed by atoms with Gasteiger partial charge in [-0.15, -0.1) is 11.3 Å². The van der Waals surface area contributed by atoms with Crippen molar-refractivity contribution in [3.8, 4) is 17.6 Å². The van der Waals surface area contributed by atoms with Crippen LogP contribution in [0.4, 0.5) is 15.9 Å². The smallest absolute Gasteiger partial charge is 0.151 e. The zero-order valence-electron chi connectivity index (χ0n) is 17.0. The van der Waals surface area contributed by atoms with Crippen molar-refractivity contribution >= 4 is 44.7 Å². The molecule has 3 aromatic heterocycles. The molecule has 0 radical (unpaired) electrons. The molecule has 162 valence electrons. The lowest BCUT2D eigenvalue weighted by Crippen LogP contribution is -1.98. The first-order valence-electron chi connectivity index (χ1n) is 9.83. The molecular weight excluding hydrogens is 461 g/mol. The van der Waals surface area contributed by atoms with Gasteiger partial charge in [0.25, 0.3) is 0 Å². The highest BCUT2D eigenvalue weighted by atomic mass is 35.5. The van der Waals surface area contributed by atoms with Crippen molar-refractivity contribution in [3.05, 3.63) is 94.1 Å². The summed E-state index contributed by atoms with van der Waals surface area (Å²) in [5, 5.41) is 10.3. The van der Waals surface area contributed by atoms with Gasteiger partial charge in [0.1, 0.15) is 24.5 Å². The predicted octanol–water partition coefficient (Wildman–Crippen LogP) is 5.93. The summed E-state index contributed by atoms with van der Waals surface area (Å²) in [6.07, 6.45) is 4.91. The molecule has 0 bridgehead atoms. The normalized spacial score (nSPS) is 10.6. The van der Waals surface area contributed by atoms with E-state index in [2.05, 4.69) is 37.3 Å². The van der Waals surface area contributed by atoms with Crippen LogP contribution in [0.15, 0.2) is 67.3 Å². The Labute approximate surface area is 197 Å². The Morgan fingerprint density at radius 1 is 1.12 bits per heavy atom. The van der Waals surface area contributed by atoms with Gasteiger partial charge in [0.05, 0.1) is 31.9 Å². The van der Waals surface area contributed by atoms with Crippen LogP contribution in [0.3, 0.4) is 0 Å². The summed E-state index contributed by atoms with van der Waals surface area (Å²) in [7, 11) is 0. The van der Waals surface area contributed by atoms with Crippen molar-refractivity contribution in [3.63, 3.8) is 0 Å². The predicted molar refractivity (Wildman–Crippen MR) is 127 cm³/mol. The van der Waals surface area contributed by atoms with Gasteiger partial charge in [-0.2, -0.15) is 5.10 Å². The molecule has 0 unspecified atom stereocenters. The fraction of sp³-hybridized carbons (Fsp3) is 0.0417. The first-order valence-corrected chi connectivity index (χ1v) is 11.0. The number of nitrogens with zero attached hydrogens (tertiary/aromatic N) is 3. The molecule has 0 spiro atoms. The first kappa shape index (κ1) is 20.9. The van der Waals surface area contributed by atoms with Gasteiger partial charge < -0.3 is 10.1 Å². The number of H-pyrrole nitrogens is 1. The van der Waals surface area contributed by atoms with E-state index < -0.39 is 0 Å². The Kier molecular flexibility index (Phi) is 5.89. The summed E-state index contributed by atoms with van der Waals surface area (Å²) in [6, 6.07) is 13.5. The molecule has 2 aromatic carbocycles. The fourth-order valence-corrected chi connectivity index (χ4v) is 4.22. The van der Waals surface area contributed by atoms with E-state index in [1.165, 1.54) is 29.8 Å². The molecule has 2 N–H and O–H groups in total. The molecule has 3 heterocycles. The molecule has 0 saturated carbocycles. The molecule has 0 aliphatic heterocycles. The van der Waals surface area contributed by atoms with E-state index in [4.69, 9.17) is 16.3 Å². The number of hydrogen-bond acceptors (Lipinski definition) is 6. The second-order valence-corrected chi connectivity index (χ2v) is 8.43. The molecule has 5 aromatic rings. The Morgan fingerprint density at radius 3 is 2.88 bits per heavy atom. The maximum absolute atomic E-state index is 13.3. The molecule has 0 fully saturated rings. The number of aromatic nitrogens is 4. The summed E-state index contributed by atoms with van der Waals surface area (Å²) in [6.45, 7) is 0.217. The van der Waals surface area contributed by atoms with Crippen molar-refractivity contribution < 1.29 is 9.13 Å². The number of fused-ring (bicyclic) bond motifs is 1. The Balaban J connectivity index is 1.33. The van der Waals surface area contributed by atoms with Crippen molar-refractivity contribution in [2.75, 3.05) is 5.32 Å². The molecule has 0 atom stereocenters. The van der Waals surface area contributed by atoms with E-state index in [1.54, 1.807) is 36.7 Å². The van der Waals surface area contributed by atoms with Crippen molar-refractivity contribution in [1.82, 2.24) is 20.2 Å². The van der Waals surface area contributed by atoms with Crippen LogP contribution in [0, 0.1) is 17.7 Å². The highest BCUT2D eigenvalue weighted by Crippen LogP contribution is 2.33. The van der Waals surface area contributed by atoms with Gasteiger partial charge in [-0.3, -0.25) is 5.10 Å². The number of benzene rings is 2. The second-order valence-electron chi connectivity index (χ2n) is 6.97. The largest absolute Gasteiger partial charge is 0.487 e. The topological polar surface area (TPSA) is 75.7 Å². The molecule has 9 heteroatoms. The number of ether oxygens (including phenoxy) is 1. The van der Waals surface area contributed by atoms with Gasteiger partial charge in [-0.05, 0) is 42.0 Å². The summed E-state index contributed by atoms with van der Waals surface area (Å²) < 4.78 is 20.0. The minimum atomic E-state index is -0.304. The summed E-state index contributed by atoms with van der Waals surface area (Å²) in [5.41, 5.74) is 3.08. The third kappa shape index (κ3) is 4.95. The Morgan fingerprint density at radius 2 is 2.06 bits per heavy atom. The molecule has 0 aliphatic carbocycles. The number of hydrogen-bond donors (Lipinski definition) is 2. The molecular formula is C24H15ClFN5OS. The summed E-state index contributed by atoms with van der Waals surface area (Å²) in [4.78, 5) is 9.59. The lowest BCUT2D eigenvalue weighted by molar-refractivity contribution is 0.306. The van der Waals surface area contributed by atoms with Gasteiger partial charge in [-0.1, -0.05) is 35.6 Å². The van der Waals surface area contributed by atoms with Crippen LogP contribution in [0.1, 0.15) is 16.0 Å². The first-order chi connectivity index (χ1) is 16.1. The van der Waals surface area contributed by atoms with E-state index in [-0.39, 0.29) is 12.4 Å². The molecule has 33 heavy (non-hydrogen) atoms. The zero-order valence-corrected chi connectivity index (χ0v) is 18.5. The Bertz CT molecular complexity index is 1490. The number of aromatic amines is 1. The molecule has 6 nitrogen and oxygen atoms in total. The lowest BCUT2D eigenvalue weighted by atomic mass is 10.2.